The van der Waals surface area contributed by atoms with E-state index in [0.29, 0.717) is 5.56 Å². The van der Waals surface area contributed by atoms with E-state index in [9.17, 15) is 39.9 Å². The quantitative estimate of drug-likeness (QED) is 0.315. The molecule has 1 aromatic rings. The van der Waals surface area contributed by atoms with Gasteiger partial charge in [-0.2, -0.15) is 0 Å². The number of Topliss-reactive ketones (excluding diaryl/α,β-unsaturated/α-hetero) is 2. The lowest BCUT2D eigenvalue weighted by Gasteiger charge is -2.53. The highest BCUT2D eigenvalue weighted by Crippen LogP contribution is 2.55. The molecule has 6 atom stereocenters. The first-order chi connectivity index (χ1) is 14.9. The summed E-state index contributed by atoms with van der Waals surface area (Å²) in [6, 6.07) is 3.13. The number of primary amides is 1. The normalized spacial score (nSPS) is 33.3. The van der Waals surface area contributed by atoms with Gasteiger partial charge >= 0.3 is 0 Å². The van der Waals surface area contributed by atoms with Gasteiger partial charge in [0.25, 0.3) is 5.91 Å². The summed E-state index contributed by atoms with van der Waals surface area (Å²) in [6.07, 6.45) is -1.59. The van der Waals surface area contributed by atoms with Crippen LogP contribution in [0.2, 0.25) is 0 Å². The third kappa shape index (κ3) is 2.95. The van der Waals surface area contributed by atoms with Crippen LogP contribution in [0.5, 0.6) is 5.75 Å². The molecule has 0 aliphatic heterocycles. The molecule has 1 fully saturated rings. The second-order valence-electron chi connectivity index (χ2n) is 8.79. The molecule has 178 valence electrons. The van der Waals surface area contributed by atoms with Gasteiger partial charge in [0.1, 0.15) is 22.8 Å². The molecule has 11 heteroatoms. The molecule has 1 amide bonds. The topological polar surface area (TPSA) is 182 Å². The summed E-state index contributed by atoms with van der Waals surface area (Å²) in [4.78, 5) is 40.0. The van der Waals surface area contributed by atoms with Crippen molar-refractivity contribution in [2.45, 2.75) is 30.6 Å². The zero-order chi connectivity index (χ0) is 23.9. The molecule has 3 aliphatic carbocycles. The number of aliphatic hydroxyl groups is 4. The van der Waals surface area contributed by atoms with Gasteiger partial charge < -0.3 is 31.3 Å². The molecule has 1 aromatic carbocycles. The van der Waals surface area contributed by atoms with E-state index in [1.807, 2.05) is 0 Å². The van der Waals surface area contributed by atoms with Crippen molar-refractivity contribution in [2.24, 2.45) is 17.6 Å². The maximum atomic E-state index is 13.7. The number of benzene rings is 1. The molecule has 0 heterocycles. The average molecular weight is 481 g/mol. The van der Waals surface area contributed by atoms with Gasteiger partial charge in [0, 0.05) is 11.5 Å². The number of nitrogens with two attached hydrogens (primary N) is 1. The first-order valence-corrected chi connectivity index (χ1v) is 10.0. The van der Waals surface area contributed by atoms with Crippen LogP contribution in [0.25, 0.3) is 5.76 Å². The molecule has 0 aromatic heterocycles. The summed E-state index contributed by atoms with van der Waals surface area (Å²) in [7, 11) is 2.92. The van der Waals surface area contributed by atoms with E-state index in [1.165, 1.54) is 25.1 Å². The van der Waals surface area contributed by atoms with Crippen LogP contribution in [0.4, 0.5) is 0 Å². The lowest BCUT2D eigenvalue weighted by atomic mass is 9.54. The number of aliphatic hydroxyl groups excluding tert-OH is 3. The predicted molar refractivity (Wildman–Crippen MR) is 118 cm³/mol. The fourth-order valence-electron chi connectivity index (χ4n) is 5.58. The molecular formula is C22H25ClN2O8. The molecular weight excluding hydrogens is 456 g/mol. The van der Waals surface area contributed by atoms with E-state index < -0.39 is 75.6 Å². The zero-order valence-corrected chi connectivity index (χ0v) is 18.8. The second kappa shape index (κ2) is 7.84. The Hall–Kier alpha value is -2.92. The van der Waals surface area contributed by atoms with Crippen molar-refractivity contribution in [1.29, 1.82) is 0 Å². The van der Waals surface area contributed by atoms with Gasteiger partial charge in [-0.15, -0.1) is 12.4 Å². The van der Waals surface area contributed by atoms with Crippen LogP contribution < -0.4 is 5.73 Å². The standard InChI is InChI=1S/C22H24N2O8.ClH/c1-7-8-5-4-6-9(25)11(8)16(26)12-10(7)17(27)14-15(24(2)3)18(28)13(21(23)31)20(30)22(14,32)19(12)29;/h4-7,10,14-15,17,25-27,30,32H,1-3H3,(H2,23,31);1H/t7?,10-,14-,15?,17?,22+;/m0./s1. The Morgan fingerprint density at radius 3 is 2.30 bits per heavy atom. The summed E-state index contributed by atoms with van der Waals surface area (Å²) in [5, 5.41) is 54.9. The number of amides is 1. The number of hydrogen-bond acceptors (Lipinski definition) is 9. The highest BCUT2D eigenvalue weighted by atomic mass is 35.5. The molecule has 3 unspecified atom stereocenters. The van der Waals surface area contributed by atoms with Gasteiger partial charge in [0.15, 0.2) is 11.4 Å². The second-order valence-corrected chi connectivity index (χ2v) is 8.79. The minimum Gasteiger partial charge on any atom is -0.508 e. The van der Waals surface area contributed by atoms with Crippen LogP contribution in [0.15, 0.2) is 35.1 Å². The molecule has 0 spiro atoms. The van der Waals surface area contributed by atoms with Crippen LogP contribution in [0.1, 0.15) is 24.0 Å². The fourth-order valence-corrected chi connectivity index (χ4v) is 5.58. The summed E-state index contributed by atoms with van der Waals surface area (Å²) >= 11 is 0. The van der Waals surface area contributed by atoms with Gasteiger partial charge in [-0.1, -0.05) is 19.1 Å². The lowest BCUT2D eigenvalue weighted by Crippen LogP contribution is -2.70. The van der Waals surface area contributed by atoms with Crippen LogP contribution in [-0.4, -0.2) is 79.7 Å². The monoisotopic (exact) mass is 480 g/mol. The predicted octanol–water partition coefficient (Wildman–Crippen LogP) is -0.0824. The highest BCUT2D eigenvalue weighted by molar-refractivity contribution is 6.24. The van der Waals surface area contributed by atoms with Gasteiger partial charge in [0.2, 0.25) is 5.78 Å². The number of carbonyl (C=O) groups is 3. The summed E-state index contributed by atoms with van der Waals surface area (Å²) in [6.45, 7) is 1.68. The molecule has 1 saturated carbocycles. The van der Waals surface area contributed by atoms with Gasteiger partial charge in [-0.3, -0.25) is 19.3 Å². The van der Waals surface area contributed by atoms with Crippen LogP contribution >= 0.6 is 12.4 Å². The Labute approximate surface area is 195 Å². The third-order valence-electron chi connectivity index (χ3n) is 6.99. The molecule has 7 N–H and O–H groups in total. The van der Waals surface area contributed by atoms with E-state index in [-0.39, 0.29) is 23.7 Å². The van der Waals surface area contributed by atoms with E-state index in [2.05, 4.69) is 0 Å². The molecule has 0 bridgehead atoms. The van der Waals surface area contributed by atoms with Gasteiger partial charge in [-0.25, -0.2) is 0 Å². The maximum absolute atomic E-state index is 13.7. The Bertz CT molecular complexity index is 1140. The molecule has 3 aliphatic rings. The van der Waals surface area contributed by atoms with E-state index in [1.54, 1.807) is 19.1 Å². The molecule has 33 heavy (non-hydrogen) atoms. The average Bonchev–Trinajstić information content (AvgIpc) is 2.70. The first kappa shape index (κ1) is 24.7. The number of phenols is 1. The number of likely N-dealkylation sites (N-methyl/N-ethyl adjacent to an activating group) is 1. The number of nitrogens with zero attached hydrogens (tertiary/aromatic N) is 1. The van der Waals surface area contributed by atoms with Gasteiger partial charge in [-0.05, 0) is 31.6 Å². The minimum absolute atomic E-state index is 0. The zero-order valence-electron chi connectivity index (χ0n) is 18.0. The van der Waals surface area contributed by atoms with Crippen molar-refractivity contribution in [2.75, 3.05) is 14.1 Å². The number of carbonyl (C=O) groups excluding carboxylic acids is 3. The Morgan fingerprint density at radius 1 is 1.15 bits per heavy atom. The molecule has 4 rings (SSSR count). The van der Waals surface area contributed by atoms with Crippen LogP contribution in [0, 0.1) is 11.8 Å². The minimum atomic E-state index is -2.89. The summed E-state index contributed by atoms with van der Waals surface area (Å²) < 4.78 is 0. The van der Waals surface area contributed by atoms with Crippen molar-refractivity contribution in [3.05, 3.63) is 46.2 Å². The van der Waals surface area contributed by atoms with Crippen LogP contribution in [0.3, 0.4) is 0 Å². The number of phenolic OH excluding ortho intramolecular Hbond substituents is 1. The number of aromatic hydroxyl groups is 1. The Kier molecular flexibility index (Phi) is 5.87. The van der Waals surface area contributed by atoms with E-state index in [0.717, 1.165) is 0 Å². The lowest BCUT2D eigenvalue weighted by molar-refractivity contribution is -0.169. The summed E-state index contributed by atoms with van der Waals surface area (Å²) in [5.74, 6) is -8.87. The maximum Gasteiger partial charge on any atom is 0.255 e. The molecule has 0 saturated heterocycles. The van der Waals surface area contributed by atoms with Gasteiger partial charge in [0.05, 0.1) is 23.6 Å². The first-order valence-electron chi connectivity index (χ1n) is 10.0. The Morgan fingerprint density at radius 2 is 1.76 bits per heavy atom. The van der Waals surface area contributed by atoms with Crippen molar-refractivity contribution in [1.82, 2.24) is 4.90 Å². The summed E-state index contributed by atoms with van der Waals surface area (Å²) in [5.41, 5.74) is 1.47. The highest BCUT2D eigenvalue weighted by Gasteiger charge is 2.68. The number of halogens is 1. The van der Waals surface area contributed by atoms with Crippen molar-refractivity contribution < 1.29 is 39.9 Å². The molecule has 0 radical (unpaired) electrons. The molecule has 10 nitrogen and oxygen atoms in total. The third-order valence-corrected chi connectivity index (χ3v) is 6.99. The SMILES string of the molecule is CC1c2cccc(O)c2C(O)=C2C(=O)[C@@]3(O)C(O)=C(C(N)=O)C(=O)C(N(C)C)[C@H]3C(O)[C@H]21.Cl. The number of rotatable bonds is 2. The Balaban J connectivity index is 0.00000306. The largest absolute Gasteiger partial charge is 0.508 e. The van der Waals surface area contributed by atoms with Crippen molar-refractivity contribution in [3.8, 4) is 5.75 Å². The van der Waals surface area contributed by atoms with Crippen LogP contribution in [-0.2, 0) is 14.4 Å². The van der Waals surface area contributed by atoms with Crippen molar-refractivity contribution in [3.63, 3.8) is 0 Å². The number of hydrogen-bond donors (Lipinski definition) is 6. The number of fused-ring (bicyclic) bond motifs is 3. The van der Waals surface area contributed by atoms with E-state index >= 15 is 0 Å². The van der Waals surface area contributed by atoms with Crippen molar-refractivity contribution >= 4 is 35.6 Å². The van der Waals surface area contributed by atoms with E-state index in [4.69, 9.17) is 5.73 Å². The smallest absolute Gasteiger partial charge is 0.255 e. The fraction of sp³-hybridized carbons (Fsp3) is 0.409. The number of ketones is 2.